The van der Waals surface area contributed by atoms with Gasteiger partial charge in [-0.1, -0.05) is 36.4 Å². The second-order valence-electron chi connectivity index (χ2n) is 11.2. The number of fused-ring (bicyclic) bond motifs is 1. The molecule has 0 unspecified atom stereocenters. The van der Waals surface area contributed by atoms with Crippen LogP contribution in [0.2, 0.25) is 0 Å². The SMILES string of the molecule is Cn1c(-c2ccc(OCc3ccc(N4CCCC4=O)cc3N3CCOCC3)cc2)c(-c2ccccc2)c2sc(C(=O)O)cc21. The summed E-state index contributed by atoms with van der Waals surface area (Å²) in [6, 6.07) is 26.2. The highest BCUT2D eigenvalue weighted by Gasteiger charge is 2.25. The number of morpholine rings is 1. The Hall–Kier alpha value is -4.60. The van der Waals surface area contributed by atoms with E-state index in [-0.39, 0.29) is 5.91 Å². The largest absolute Gasteiger partial charge is 0.489 e. The van der Waals surface area contributed by atoms with Gasteiger partial charge in [-0.05, 0) is 60.0 Å². The van der Waals surface area contributed by atoms with Gasteiger partial charge < -0.3 is 28.9 Å². The summed E-state index contributed by atoms with van der Waals surface area (Å²) in [6.45, 7) is 4.10. The maximum absolute atomic E-state index is 12.4. The molecule has 2 saturated heterocycles. The van der Waals surface area contributed by atoms with E-state index in [0.717, 1.165) is 81.3 Å². The number of nitrogens with zero attached hydrogens (tertiary/aromatic N) is 3. The number of anilines is 2. The molecule has 1 N–H and O–H groups in total. The number of hydrogen-bond donors (Lipinski definition) is 1. The number of amides is 1. The van der Waals surface area contributed by atoms with E-state index in [1.54, 1.807) is 6.07 Å². The van der Waals surface area contributed by atoms with Gasteiger partial charge >= 0.3 is 5.97 Å². The highest BCUT2D eigenvalue weighted by atomic mass is 32.1. The summed E-state index contributed by atoms with van der Waals surface area (Å²) in [5.74, 6) is 0.0213. The van der Waals surface area contributed by atoms with E-state index in [0.29, 0.717) is 31.1 Å². The molecule has 2 fully saturated rings. The summed E-state index contributed by atoms with van der Waals surface area (Å²) >= 11 is 1.31. The minimum atomic E-state index is -0.913. The molecule has 2 aliphatic heterocycles. The van der Waals surface area contributed by atoms with Crippen molar-refractivity contribution in [2.75, 3.05) is 42.6 Å². The summed E-state index contributed by atoms with van der Waals surface area (Å²) in [5.41, 5.74) is 8.11. The Morgan fingerprint density at radius 3 is 2.43 bits per heavy atom. The van der Waals surface area contributed by atoms with Gasteiger partial charge in [-0.15, -0.1) is 11.3 Å². The quantitative estimate of drug-likeness (QED) is 0.209. The van der Waals surface area contributed by atoms with E-state index in [9.17, 15) is 14.7 Å². The minimum Gasteiger partial charge on any atom is -0.489 e. The van der Waals surface area contributed by atoms with Crippen molar-refractivity contribution < 1.29 is 24.2 Å². The number of carbonyl (C=O) groups is 2. The molecular formula is C35H33N3O5S. The van der Waals surface area contributed by atoms with Crippen molar-refractivity contribution in [2.45, 2.75) is 19.4 Å². The van der Waals surface area contributed by atoms with Crippen LogP contribution in [-0.4, -0.2) is 54.4 Å². The van der Waals surface area contributed by atoms with E-state index >= 15 is 0 Å². The van der Waals surface area contributed by atoms with E-state index in [1.165, 1.54) is 11.3 Å². The number of benzene rings is 3. The minimum absolute atomic E-state index is 0.179. The first-order chi connectivity index (χ1) is 21.5. The van der Waals surface area contributed by atoms with Gasteiger partial charge in [0.25, 0.3) is 0 Å². The fraction of sp³-hybridized carbons (Fsp3) is 0.257. The first-order valence-corrected chi connectivity index (χ1v) is 15.7. The molecular weight excluding hydrogens is 574 g/mol. The van der Waals surface area contributed by atoms with Gasteiger partial charge in [0, 0.05) is 55.6 Å². The van der Waals surface area contributed by atoms with Crippen molar-refractivity contribution in [1.29, 1.82) is 0 Å². The van der Waals surface area contributed by atoms with Crippen molar-refractivity contribution in [2.24, 2.45) is 7.05 Å². The highest BCUT2D eigenvalue weighted by molar-refractivity contribution is 7.21. The summed E-state index contributed by atoms with van der Waals surface area (Å²) in [5, 5.41) is 9.63. The lowest BCUT2D eigenvalue weighted by Gasteiger charge is -2.31. The lowest BCUT2D eigenvalue weighted by molar-refractivity contribution is -0.117. The predicted octanol–water partition coefficient (Wildman–Crippen LogP) is 6.81. The molecule has 44 heavy (non-hydrogen) atoms. The third-order valence-corrected chi connectivity index (χ3v) is 9.60. The van der Waals surface area contributed by atoms with Gasteiger partial charge in [0.15, 0.2) is 0 Å². The third kappa shape index (κ3) is 5.22. The monoisotopic (exact) mass is 607 g/mol. The van der Waals surface area contributed by atoms with Crippen LogP contribution in [0.15, 0.2) is 78.9 Å². The van der Waals surface area contributed by atoms with Gasteiger partial charge in [0.05, 0.1) is 29.1 Å². The zero-order chi connectivity index (χ0) is 30.2. The summed E-state index contributed by atoms with van der Waals surface area (Å²) < 4.78 is 15.0. The summed E-state index contributed by atoms with van der Waals surface area (Å²) in [4.78, 5) is 28.7. The smallest absolute Gasteiger partial charge is 0.345 e. The number of ether oxygens (including phenoxy) is 2. The Bertz CT molecular complexity index is 1840. The Labute approximate surface area is 259 Å². The normalized spacial score (nSPS) is 15.3. The van der Waals surface area contributed by atoms with E-state index in [1.807, 2.05) is 48.3 Å². The first kappa shape index (κ1) is 28.2. The van der Waals surface area contributed by atoms with E-state index in [4.69, 9.17) is 9.47 Å². The lowest BCUT2D eigenvalue weighted by Crippen LogP contribution is -2.37. The number of hydrogen-bond acceptors (Lipinski definition) is 6. The number of rotatable bonds is 8. The van der Waals surface area contributed by atoms with Crippen LogP contribution in [0.3, 0.4) is 0 Å². The molecule has 0 spiro atoms. The third-order valence-electron chi connectivity index (χ3n) is 8.47. The van der Waals surface area contributed by atoms with Gasteiger partial charge in [-0.3, -0.25) is 4.79 Å². The van der Waals surface area contributed by atoms with Gasteiger partial charge in [0.1, 0.15) is 17.2 Å². The number of aryl methyl sites for hydroxylation is 1. The summed E-state index contributed by atoms with van der Waals surface area (Å²) in [7, 11) is 1.99. The average molecular weight is 608 g/mol. The van der Waals surface area contributed by atoms with Crippen LogP contribution in [0.5, 0.6) is 5.75 Å². The number of carboxylic acid groups (broad SMARTS) is 1. The number of carbonyl (C=O) groups excluding carboxylic acids is 1. The van der Waals surface area contributed by atoms with Gasteiger partial charge in [0.2, 0.25) is 5.91 Å². The molecule has 3 aromatic carbocycles. The molecule has 9 heteroatoms. The van der Waals surface area contributed by atoms with Gasteiger partial charge in [-0.2, -0.15) is 0 Å². The van der Waals surface area contributed by atoms with Crippen molar-refractivity contribution in [3.63, 3.8) is 0 Å². The van der Waals surface area contributed by atoms with Crippen molar-refractivity contribution in [3.05, 3.63) is 89.3 Å². The highest BCUT2D eigenvalue weighted by Crippen LogP contribution is 2.44. The standard InChI is InChI=1S/C35H33N3O5S/c1-36-29-21-30(35(40)41)44-34(29)32(23-6-3-2-4-7-23)33(36)24-10-13-27(14-11-24)43-22-25-9-12-26(38-15-5-8-31(38)39)20-28(25)37-16-18-42-19-17-37/h2-4,6-7,9-14,20-21H,5,8,15-19,22H2,1H3,(H,40,41). The topological polar surface area (TPSA) is 84.2 Å². The zero-order valence-electron chi connectivity index (χ0n) is 24.5. The van der Waals surface area contributed by atoms with Crippen LogP contribution in [0.25, 0.3) is 32.6 Å². The number of thiophene rings is 1. The molecule has 4 heterocycles. The predicted molar refractivity (Wildman–Crippen MR) is 174 cm³/mol. The molecule has 1 amide bonds. The van der Waals surface area contributed by atoms with Crippen molar-refractivity contribution in [3.8, 4) is 28.1 Å². The van der Waals surface area contributed by atoms with Crippen LogP contribution in [0, 0.1) is 0 Å². The maximum atomic E-state index is 12.4. The maximum Gasteiger partial charge on any atom is 0.345 e. The lowest BCUT2D eigenvalue weighted by atomic mass is 10.0. The summed E-state index contributed by atoms with van der Waals surface area (Å²) in [6.07, 6.45) is 1.49. The first-order valence-electron chi connectivity index (χ1n) is 14.9. The molecule has 7 rings (SSSR count). The molecule has 5 aromatic rings. The van der Waals surface area contributed by atoms with Gasteiger partial charge in [-0.25, -0.2) is 4.79 Å². The average Bonchev–Trinajstić information content (AvgIpc) is 3.76. The van der Waals surface area contributed by atoms with Crippen molar-refractivity contribution >= 4 is 44.8 Å². The fourth-order valence-electron chi connectivity index (χ4n) is 6.25. The molecule has 0 saturated carbocycles. The Morgan fingerprint density at radius 1 is 0.955 bits per heavy atom. The molecule has 2 aliphatic rings. The Morgan fingerprint density at radius 2 is 1.73 bits per heavy atom. The van der Waals surface area contributed by atoms with Crippen LogP contribution >= 0.6 is 11.3 Å². The molecule has 0 bridgehead atoms. The molecule has 0 aliphatic carbocycles. The zero-order valence-corrected chi connectivity index (χ0v) is 25.3. The van der Waals surface area contributed by atoms with Crippen LogP contribution in [0.1, 0.15) is 28.1 Å². The molecule has 2 aromatic heterocycles. The molecule has 0 radical (unpaired) electrons. The second kappa shape index (κ2) is 11.8. The number of carboxylic acids is 1. The van der Waals surface area contributed by atoms with E-state index < -0.39 is 5.97 Å². The molecule has 8 nitrogen and oxygen atoms in total. The number of aromatic nitrogens is 1. The van der Waals surface area contributed by atoms with E-state index in [2.05, 4.69) is 45.9 Å². The second-order valence-corrected chi connectivity index (χ2v) is 12.2. The Balaban J connectivity index is 1.17. The van der Waals surface area contributed by atoms with Crippen LogP contribution in [0.4, 0.5) is 11.4 Å². The van der Waals surface area contributed by atoms with Crippen LogP contribution in [-0.2, 0) is 23.2 Å². The number of aromatic carboxylic acids is 1. The fourth-order valence-corrected chi connectivity index (χ4v) is 7.35. The molecule has 224 valence electrons. The molecule has 0 atom stereocenters. The van der Waals surface area contributed by atoms with Crippen molar-refractivity contribution in [1.82, 2.24) is 4.57 Å². The Kier molecular flexibility index (Phi) is 7.57. The van der Waals surface area contributed by atoms with Crippen LogP contribution < -0.4 is 14.5 Å².